The highest BCUT2D eigenvalue weighted by atomic mass is 16.2. The van der Waals surface area contributed by atoms with Crippen LogP contribution in [0.3, 0.4) is 0 Å². The van der Waals surface area contributed by atoms with Crippen LogP contribution in [0, 0.1) is 0 Å². The SMILES string of the molecule is CCN(CC)c1ccc(N2CCN(C(=O)c3ccc(C(C)(C)C)cc3)CC2)nn1. The molecule has 2 aromatic rings. The summed E-state index contributed by atoms with van der Waals surface area (Å²) < 4.78 is 0. The van der Waals surface area contributed by atoms with Crippen LogP contribution in [0.25, 0.3) is 0 Å². The highest BCUT2D eigenvalue weighted by Gasteiger charge is 2.23. The minimum Gasteiger partial charge on any atom is -0.356 e. The van der Waals surface area contributed by atoms with Gasteiger partial charge in [-0.2, -0.15) is 0 Å². The molecule has 0 spiro atoms. The molecule has 0 saturated carbocycles. The van der Waals surface area contributed by atoms with E-state index in [9.17, 15) is 4.79 Å². The average Bonchev–Trinajstić information content (AvgIpc) is 2.74. The highest BCUT2D eigenvalue weighted by Crippen LogP contribution is 2.23. The predicted molar refractivity (Wildman–Crippen MR) is 119 cm³/mol. The van der Waals surface area contributed by atoms with Gasteiger partial charge in [0.15, 0.2) is 11.6 Å². The maximum absolute atomic E-state index is 12.9. The van der Waals surface area contributed by atoms with Crippen LogP contribution in [0.15, 0.2) is 36.4 Å². The first-order valence-electron chi connectivity index (χ1n) is 10.6. The molecule has 0 unspecified atom stereocenters. The summed E-state index contributed by atoms with van der Waals surface area (Å²) in [6.07, 6.45) is 0. The lowest BCUT2D eigenvalue weighted by molar-refractivity contribution is 0.0746. The molecule has 0 N–H and O–H groups in total. The van der Waals surface area contributed by atoms with Gasteiger partial charge in [0.2, 0.25) is 0 Å². The van der Waals surface area contributed by atoms with Crippen LogP contribution in [0.5, 0.6) is 0 Å². The molecule has 3 rings (SSSR count). The molecule has 1 aromatic carbocycles. The van der Waals surface area contributed by atoms with Gasteiger partial charge in [-0.1, -0.05) is 32.9 Å². The van der Waals surface area contributed by atoms with Crippen molar-refractivity contribution in [2.75, 3.05) is 49.1 Å². The molecule has 1 aromatic heterocycles. The number of anilines is 2. The first-order valence-corrected chi connectivity index (χ1v) is 10.6. The molecule has 2 heterocycles. The quantitative estimate of drug-likeness (QED) is 0.774. The average molecular weight is 396 g/mol. The van der Waals surface area contributed by atoms with Crippen molar-refractivity contribution >= 4 is 17.5 Å². The van der Waals surface area contributed by atoms with Crippen molar-refractivity contribution in [1.82, 2.24) is 15.1 Å². The third kappa shape index (κ3) is 4.86. The first-order chi connectivity index (χ1) is 13.8. The Bertz CT molecular complexity index is 799. The summed E-state index contributed by atoms with van der Waals surface area (Å²) in [4.78, 5) is 19.2. The van der Waals surface area contributed by atoms with E-state index in [-0.39, 0.29) is 11.3 Å². The Kier molecular flexibility index (Phi) is 6.40. The molecule has 1 aliphatic heterocycles. The van der Waals surface area contributed by atoms with E-state index in [4.69, 9.17) is 0 Å². The number of aromatic nitrogens is 2. The van der Waals surface area contributed by atoms with Gasteiger partial charge >= 0.3 is 0 Å². The van der Waals surface area contributed by atoms with Crippen LogP contribution in [0.4, 0.5) is 11.6 Å². The molecule has 1 aliphatic rings. The fourth-order valence-electron chi connectivity index (χ4n) is 3.64. The summed E-state index contributed by atoms with van der Waals surface area (Å²) in [6.45, 7) is 15.5. The van der Waals surface area contributed by atoms with Crippen molar-refractivity contribution in [3.05, 3.63) is 47.5 Å². The Hall–Kier alpha value is -2.63. The molecule has 0 bridgehead atoms. The lowest BCUT2D eigenvalue weighted by Crippen LogP contribution is -2.49. The minimum absolute atomic E-state index is 0.0923. The minimum atomic E-state index is 0.0923. The van der Waals surface area contributed by atoms with Crippen LogP contribution in [-0.4, -0.2) is 60.3 Å². The molecular formula is C23H33N5O. The number of benzene rings is 1. The number of carbonyl (C=O) groups excluding carboxylic acids is 1. The molecule has 0 radical (unpaired) electrons. The molecule has 1 saturated heterocycles. The summed E-state index contributed by atoms with van der Waals surface area (Å²) in [7, 11) is 0. The molecule has 29 heavy (non-hydrogen) atoms. The maximum Gasteiger partial charge on any atom is 0.253 e. The highest BCUT2D eigenvalue weighted by molar-refractivity contribution is 5.94. The van der Waals surface area contributed by atoms with Crippen molar-refractivity contribution in [2.24, 2.45) is 0 Å². The maximum atomic E-state index is 12.9. The summed E-state index contributed by atoms with van der Waals surface area (Å²) in [5, 5.41) is 8.79. The van der Waals surface area contributed by atoms with Gasteiger partial charge in [-0.05, 0) is 49.1 Å². The van der Waals surface area contributed by atoms with Gasteiger partial charge in [0.1, 0.15) is 0 Å². The standard InChI is InChI=1S/C23H33N5O/c1-6-26(7-2)20-12-13-21(25-24-20)27-14-16-28(17-15-27)22(29)18-8-10-19(11-9-18)23(3,4)5/h8-13H,6-7,14-17H2,1-5H3. The van der Waals surface area contributed by atoms with Gasteiger partial charge in [0.25, 0.3) is 5.91 Å². The van der Waals surface area contributed by atoms with E-state index in [2.05, 4.69) is 66.7 Å². The number of piperazine rings is 1. The molecule has 156 valence electrons. The van der Waals surface area contributed by atoms with Gasteiger partial charge in [0, 0.05) is 44.8 Å². The molecule has 6 heteroatoms. The van der Waals surface area contributed by atoms with Crippen LogP contribution in [0.1, 0.15) is 50.5 Å². The number of hydrogen-bond donors (Lipinski definition) is 0. The summed E-state index contributed by atoms with van der Waals surface area (Å²) in [5.74, 6) is 1.89. The zero-order valence-electron chi connectivity index (χ0n) is 18.4. The van der Waals surface area contributed by atoms with E-state index in [1.54, 1.807) is 0 Å². The Morgan fingerprint density at radius 1 is 0.931 bits per heavy atom. The summed E-state index contributed by atoms with van der Waals surface area (Å²) >= 11 is 0. The van der Waals surface area contributed by atoms with Crippen LogP contribution in [0.2, 0.25) is 0 Å². The second kappa shape index (κ2) is 8.80. The van der Waals surface area contributed by atoms with Gasteiger partial charge in [-0.25, -0.2) is 0 Å². The van der Waals surface area contributed by atoms with E-state index >= 15 is 0 Å². The van der Waals surface area contributed by atoms with Crippen LogP contribution < -0.4 is 9.80 Å². The lowest BCUT2D eigenvalue weighted by atomic mass is 9.86. The Labute approximate surface area is 174 Å². The fraction of sp³-hybridized carbons (Fsp3) is 0.522. The number of hydrogen-bond acceptors (Lipinski definition) is 5. The predicted octanol–water partition coefficient (Wildman–Crippen LogP) is 3.58. The van der Waals surface area contributed by atoms with Crippen molar-refractivity contribution in [3.8, 4) is 0 Å². The monoisotopic (exact) mass is 395 g/mol. The van der Waals surface area contributed by atoms with Crippen LogP contribution >= 0.6 is 0 Å². The third-order valence-corrected chi connectivity index (χ3v) is 5.61. The molecule has 1 amide bonds. The zero-order chi connectivity index (χ0) is 21.0. The van der Waals surface area contributed by atoms with E-state index in [0.29, 0.717) is 13.1 Å². The van der Waals surface area contributed by atoms with E-state index in [0.717, 1.165) is 43.4 Å². The Morgan fingerprint density at radius 3 is 2.03 bits per heavy atom. The number of amides is 1. The molecule has 6 nitrogen and oxygen atoms in total. The van der Waals surface area contributed by atoms with Crippen LogP contribution in [-0.2, 0) is 5.41 Å². The topological polar surface area (TPSA) is 52.6 Å². The smallest absolute Gasteiger partial charge is 0.253 e. The summed E-state index contributed by atoms with van der Waals surface area (Å²) in [5.41, 5.74) is 2.09. The number of carbonyl (C=O) groups is 1. The third-order valence-electron chi connectivity index (χ3n) is 5.61. The van der Waals surface area contributed by atoms with Gasteiger partial charge in [0.05, 0.1) is 0 Å². The van der Waals surface area contributed by atoms with Gasteiger partial charge in [-0.3, -0.25) is 4.79 Å². The zero-order valence-corrected chi connectivity index (χ0v) is 18.4. The molecular weight excluding hydrogens is 362 g/mol. The molecule has 0 aliphatic carbocycles. The van der Waals surface area contributed by atoms with Crippen molar-refractivity contribution in [2.45, 2.75) is 40.0 Å². The van der Waals surface area contributed by atoms with E-state index < -0.39 is 0 Å². The number of nitrogens with zero attached hydrogens (tertiary/aromatic N) is 5. The lowest BCUT2D eigenvalue weighted by Gasteiger charge is -2.35. The van der Waals surface area contributed by atoms with Crippen molar-refractivity contribution in [3.63, 3.8) is 0 Å². The Balaban J connectivity index is 1.59. The number of rotatable bonds is 5. The molecule has 1 fully saturated rings. The van der Waals surface area contributed by atoms with E-state index in [1.807, 2.05) is 29.2 Å². The van der Waals surface area contributed by atoms with Crippen molar-refractivity contribution < 1.29 is 4.79 Å². The fourth-order valence-corrected chi connectivity index (χ4v) is 3.64. The Morgan fingerprint density at radius 2 is 1.55 bits per heavy atom. The van der Waals surface area contributed by atoms with Gasteiger partial charge in [-0.15, -0.1) is 10.2 Å². The normalized spacial score (nSPS) is 14.8. The van der Waals surface area contributed by atoms with Gasteiger partial charge < -0.3 is 14.7 Å². The first kappa shape index (κ1) is 21.1. The largest absolute Gasteiger partial charge is 0.356 e. The second-order valence-corrected chi connectivity index (χ2v) is 8.53. The van der Waals surface area contributed by atoms with E-state index in [1.165, 1.54) is 5.56 Å². The van der Waals surface area contributed by atoms with Crippen molar-refractivity contribution in [1.29, 1.82) is 0 Å². The second-order valence-electron chi connectivity index (χ2n) is 8.53. The summed E-state index contributed by atoms with van der Waals surface area (Å²) in [6, 6.07) is 12.1. The molecule has 0 atom stereocenters.